The van der Waals surface area contributed by atoms with E-state index in [0.717, 1.165) is 22.4 Å². The van der Waals surface area contributed by atoms with Gasteiger partial charge >= 0.3 is 0 Å². The van der Waals surface area contributed by atoms with Gasteiger partial charge < -0.3 is 10.3 Å². The maximum Gasteiger partial charge on any atom is 0.276 e. The number of anilines is 1. The number of rotatable bonds is 3. The number of hydrogen-bond donors (Lipinski definition) is 2. The van der Waals surface area contributed by atoms with E-state index in [1.165, 1.54) is 0 Å². The van der Waals surface area contributed by atoms with Gasteiger partial charge in [-0.25, -0.2) is 4.98 Å². The number of carbonyl (C=O) groups excluding carboxylic acids is 1. The van der Waals surface area contributed by atoms with Crippen LogP contribution in [-0.4, -0.2) is 25.7 Å². The number of amides is 1. The predicted octanol–water partition coefficient (Wildman–Crippen LogP) is 3.22. The number of imidazole rings is 1. The topological polar surface area (TPSA) is 75.6 Å². The Bertz CT molecular complexity index is 980. The van der Waals surface area contributed by atoms with Gasteiger partial charge in [-0.2, -0.15) is 5.10 Å². The van der Waals surface area contributed by atoms with Crippen molar-refractivity contribution in [3.8, 4) is 11.4 Å². The number of para-hydroxylation sites is 2. The van der Waals surface area contributed by atoms with Crippen LogP contribution in [0.25, 0.3) is 22.4 Å². The first-order valence-electron chi connectivity index (χ1n) is 7.55. The first-order valence-corrected chi connectivity index (χ1v) is 7.55. The first-order chi connectivity index (χ1) is 11.7. The van der Waals surface area contributed by atoms with Gasteiger partial charge in [0.15, 0.2) is 5.69 Å². The molecular weight excluding hydrogens is 302 g/mol. The number of aromatic nitrogens is 4. The van der Waals surface area contributed by atoms with Crippen LogP contribution in [0.2, 0.25) is 0 Å². The third kappa shape index (κ3) is 2.65. The van der Waals surface area contributed by atoms with Crippen LogP contribution < -0.4 is 5.32 Å². The van der Waals surface area contributed by atoms with Crippen molar-refractivity contribution in [2.45, 2.75) is 0 Å². The Balaban J connectivity index is 1.55. The van der Waals surface area contributed by atoms with Gasteiger partial charge in [-0.3, -0.25) is 9.48 Å². The molecule has 0 aliphatic carbocycles. The second-order valence-electron chi connectivity index (χ2n) is 5.51. The molecule has 6 heteroatoms. The number of aryl methyl sites for hydroxylation is 1. The Morgan fingerprint density at radius 3 is 2.58 bits per heavy atom. The molecule has 24 heavy (non-hydrogen) atoms. The second kappa shape index (κ2) is 5.66. The zero-order valence-corrected chi connectivity index (χ0v) is 13.0. The maximum atomic E-state index is 12.1. The fourth-order valence-corrected chi connectivity index (χ4v) is 2.53. The summed E-state index contributed by atoms with van der Waals surface area (Å²) in [5, 5.41) is 6.92. The van der Waals surface area contributed by atoms with Crippen LogP contribution in [0.4, 0.5) is 5.69 Å². The van der Waals surface area contributed by atoms with E-state index in [0.29, 0.717) is 11.4 Å². The molecule has 0 aliphatic rings. The van der Waals surface area contributed by atoms with Crippen molar-refractivity contribution in [3.05, 3.63) is 66.5 Å². The standard InChI is InChI=1S/C18H15N5O/c1-23-11-10-16(22-23)18(24)19-13-8-6-12(7-9-13)17-20-14-4-2-3-5-15(14)21-17/h2-11H,1H3,(H,19,24)(H,20,21). The molecule has 0 unspecified atom stereocenters. The molecule has 0 saturated carbocycles. The van der Waals surface area contributed by atoms with Crippen molar-refractivity contribution in [2.24, 2.45) is 7.05 Å². The number of nitrogens with one attached hydrogen (secondary N) is 2. The van der Waals surface area contributed by atoms with Crippen molar-refractivity contribution < 1.29 is 4.79 Å². The molecule has 0 saturated heterocycles. The fraction of sp³-hybridized carbons (Fsp3) is 0.0556. The summed E-state index contributed by atoms with van der Waals surface area (Å²) in [5.41, 5.74) is 3.99. The summed E-state index contributed by atoms with van der Waals surface area (Å²) in [5.74, 6) is 0.575. The molecule has 0 radical (unpaired) electrons. The number of aromatic amines is 1. The summed E-state index contributed by atoms with van der Waals surface area (Å²) in [6.45, 7) is 0. The van der Waals surface area contributed by atoms with Crippen LogP contribution >= 0.6 is 0 Å². The van der Waals surface area contributed by atoms with Crippen molar-refractivity contribution in [1.29, 1.82) is 0 Å². The highest BCUT2D eigenvalue weighted by atomic mass is 16.1. The monoisotopic (exact) mass is 317 g/mol. The zero-order valence-electron chi connectivity index (χ0n) is 13.0. The highest BCUT2D eigenvalue weighted by molar-refractivity contribution is 6.02. The van der Waals surface area contributed by atoms with E-state index < -0.39 is 0 Å². The molecule has 0 fully saturated rings. The van der Waals surface area contributed by atoms with Crippen molar-refractivity contribution in [3.63, 3.8) is 0 Å². The van der Waals surface area contributed by atoms with E-state index in [2.05, 4.69) is 20.4 Å². The summed E-state index contributed by atoms with van der Waals surface area (Å²) in [6.07, 6.45) is 1.74. The molecule has 0 aliphatic heterocycles. The molecule has 1 amide bonds. The van der Waals surface area contributed by atoms with E-state index in [-0.39, 0.29) is 5.91 Å². The molecule has 2 heterocycles. The van der Waals surface area contributed by atoms with Gasteiger partial charge in [-0.15, -0.1) is 0 Å². The van der Waals surface area contributed by atoms with Crippen LogP contribution in [0.5, 0.6) is 0 Å². The Labute approximate surface area is 138 Å². The van der Waals surface area contributed by atoms with Crippen LogP contribution in [0.15, 0.2) is 60.8 Å². The van der Waals surface area contributed by atoms with Crippen molar-refractivity contribution in [2.75, 3.05) is 5.32 Å². The minimum atomic E-state index is -0.230. The third-order valence-electron chi connectivity index (χ3n) is 3.75. The number of carbonyl (C=O) groups is 1. The summed E-state index contributed by atoms with van der Waals surface area (Å²) in [6, 6.07) is 17.1. The molecule has 0 atom stereocenters. The molecule has 6 nitrogen and oxygen atoms in total. The molecule has 4 rings (SSSR count). The average molecular weight is 317 g/mol. The van der Waals surface area contributed by atoms with Gasteiger partial charge in [0, 0.05) is 24.5 Å². The van der Waals surface area contributed by atoms with Gasteiger partial charge in [0.1, 0.15) is 5.82 Å². The van der Waals surface area contributed by atoms with E-state index in [4.69, 9.17) is 0 Å². The lowest BCUT2D eigenvalue weighted by Crippen LogP contribution is -2.12. The minimum absolute atomic E-state index is 0.230. The van der Waals surface area contributed by atoms with E-state index in [1.54, 1.807) is 24.0 Å². The van der Waals surface area contributed by atoms with Gasteiger partial charge in [-0.1, -0.05) is 12.1 Å². The van der Waals surface area contributed by atoms with Crippen LogP contribution in [0.3, 0.4) is 0 Å². The van der Waals surface area contributed by atoms with E-state index in [9.17, 15) is 4.79 Å². The molecule has 0 spiro atoms. The number of benzene rings is 2. The van der Waals surface area contributed by atoms with Crippen LogP contribution in [-0.2, 0) is 7.05 Å². The molecule has 2 aromatic carbocycles. The Kier molecular flexibility index (Phi) is 3.35. The number of H-pyrrole nitrogens is 1. The van der Waals surface area contributed by atoms with Crippen LogP contribution in [0, 0.1) is 0 Å². The Morgan fingerprint density at radius 2 is 1.88 bits per heavy atom. The largest absolute Gasteiger partial charge is 0.338 e. The second-order valence-corrected chi connectivity index (χ2v) is 5.51. The third-order valence-corrected chi connectivity index (χ3v) is 3.75. The quantitative estimate of drug-likeness (QED) is 0.609. The van der Waals surface area contributed by atoms with E-state index >= 15 is 0 Å². The smallest absolute Gasteiger partial charge is 0.276 e. The molecule has 118 valence electrons. The zero-order chi connectivity index (χ0) is 16.5. The Morgan fingerprint density at radius 1 is 1.08 bits per heavy atom. The summed E-state index contributed by atoms with van der Waals surface area (Å²) in [7, 11) is 1.78. The molecule has 4 aromatic rings. The number of hydrogen-bond acceptors (Lipinski definition) is 3. The van der Waals surface area contributed by atoms with Crippen molar-refractivity contribution >= 4 is 22.6 Å². The number of nitrogens with zero attached hydrogens (tertiary/aromatic N) is 3. The highest BCUT2D eigenvalue weighted by Crippen LogP contribution is 2.22. The van der Waals surface area contributed by atoms with Gasteiger partial charge in [0.05, 0.1) is 11.0 Å². The lowest BCUT2D eigenvalue weighted by molar-refractivity contribution is 0.102. The maximum absolute atomic E-state index is 12.1. The Hall–Kier alpha value is -3.41. The molecule has 2 N–H and O–H groups in total. The SMILES string of the molecule is Cn1ccc(C(=O)Nc2ccc(-c3nc4ccccc4[nH]3)cc2)n1. The average Bonchev–Trinajstić information content (AvgIpc) is 3.21. The number of fused-ring (bicyclic) bond motifs is 1. The van der Waals surface area contributed by atoms with Crippen LogP contribution in [0.1, 0.15) is 10.5 Å². The normalized spacial score (nSPS) is 10.9. The molecule has 0 bridgehead atoms. The molecular formula is C18H15N5O. The summed E-state index contributed by atoms with van der Waals surface area (Å²) in [4.78, 5) is 20.0. The summed E-state index contributed by atoms with van der Waals surface area (Å²) < 4.78 is 1.60. The predicted molar refractivity (Wildman–Crippen MR) is 92.7 cm³/mol. The first kappa shape index (κ1) is 14.2. The lowest BCUT2D eigenvalue weighted by atomic mass is 10.2. The van der Waals surface area contributed by atoms with Gasteiger partial charge in [-0.05, 0) is 42.5 Å². The molecule has 2 aromatic heterocycles. The van der Waals surface area contributed by atoms with Crippen molar-refractivity contribution in [1.82, 2.24) is 19.7 Å². The highest BCUT2D eigenvalue weighted by Gasteiger charge is 2.10. The van der Waals surface area contributed by atoms with E-state index in [1.807, 2.05) is 48.5 Å². The minimum Gasteiger partial charge on any atom is -0.338 e. The lowest BCUT2D eigenvalue weighted by Gasteiger charge is -2.04. The van der Waals surface area contributed by atoms with Gasteiger partial charge in [0.2, 0.25) is 0 Å². The fourth-order valence-electron chi connectivity index (χ4n) is 2.53. The summed E-state index contributed by atoms with van der Waals surface area (Å²) >= 11 is 0. The van der Waals surface area contributed by atoms with Gasteiger partial charge in [0.25, 0.3) is 5.91 Å².